The van der Waals surface area contributed by atoms with E-state index < -0.39 is 11.6 Å². The van der Waals surface area contributed by atoms with Crippen LogP contribution in [0.1, 0.15) is 115 Å². The van der Waals surface area contributed by atoms with E-state index >= 15 is 8.78 Å². The summed E-state index contributed by atoms with van der Waals surface area (Å²) < 4.78 is 39.6. The number of benzene rings is 1. The summed E-state index contributed by atoms with van der Waals surface area (Å²) in [6.45, 7) is 8.46. The first kappa shape index (κ1) is 22.2. The highest BCUT2D eigenvalue weighted by Crippen LogP contribution is 2.41. The minimum Gasteiger partial charge on any atom is -0.203 e. The van der Waals surface area contributed by atoms with Gasteiger partial charge in [0.2, 0.25) is 0 Å². The first-order chi connectivity index (χ1) is 13.1. The van der Waals surface area contributed by atoms with Crippen molar-refractivity contribution in [2.45, 2.75) is 104 Å². The zero-order valence-corrected chi connectivity index (χ0v) is 18.1. The van der Waals surface area contributed by atoms with E-state index in [-0.39, 0.29) is 11.8 Å². The number of hydrogen-bond donors (Lipinski definition) is 0. The van der Waals surface area contributed by atoms with Crippen molar-refractivity contribution in [3.8, 4) is 0 Å². The normalized spacial score (nSPS) is 14.0. The fraction of sp³-hybridized carbons (Fsp3) is 0.727. The van der Waals surface area contributed by atoms with Crippen molar-refractivity contribution in [3.05, 3.63) is 22.8 Å². The van der Waals surface area contributed by atoms with Gasteiger partial charge < -0.3 is 0 Å². The summed E-state index contributed by atoms with van der Waals surface area (Å²) in [5.74, 6) is -1.30. The van der Waals surface area contributed by atoms with Gasteiger partial charge in [-0.1, -0.05) is 66.2 Å². The lowest BCUT2D eigenvalue weighted by atomic mass is 9.83. The fourth-order valence-electron chi connectivity index (χ4n) is 4.20. The van der Waals surface area contributed by atoms with E-state index in [1.807, 2.05) is 0 Å². The van der Waals surface area contributed by atoms with E-state index in [0.29, 0.717) is 22.2 Å². The molecule has 2 aromatic rings. The maximum Gasteiger partial charge on any atom is 0.164 e. The van der Waals surface area contributed by atoms with Crippen LogP contribution in [-0.2, 0) is 0 Å². The topological polar surface area (TPSA) is 25.8 Å². The summed E-state index contributed by atoms with van der Waals surface area (Å²) in [7, 11) is 0. The van der Waals surface area contributed by atoms with Gasteiger partial charge in [-0.2, -0.15) is 8.75 Å². The van der Waals surface area contributed by atoms with Gasteiger partial charge in [0.15, 0.2) is 11.6 Å². The molecule has 0 aliphatic rings. The molecule has 0 amide bonds. The standard InChI is InChI=1S/C22H34F2N2S/c1-5-9-13-15(11-7-3)17-19(23)20(24)18(22-21(17)25-27-26-22)16(12-8-4)14-10-6-2/h15-16H,5-14H2,1-4H3. The Balaban J connectivity index is 2.60. The summed E-state index contributed by atoms with van der Waals surface area (Å²) in [5.41, 5.74) is 2.17. The van der Waals surface area contributed by atoms with Gasteiger partial charge >= 0.3 is 0 Å². The second-order valence-electron chi connectivity index (χ2n) is 7.67. The van der Waals surface area contributed by atoms with Crippen molar-refractivity contribution in [1.29, 1.82) is 0 Å². The van der Waals surface area contributed by atoms with Crippen LogP contribution < -0.4 is 0 Å². The van der Waals surface area contributed by atoms with Crippen molar-refractivity contribution in [2.24, 2.45) is 0 Å². The van der Waals surface area contributed by atoms with Gasteiger partial charge in [0, 0.05) is 11.1 Å². The van der Waals surface area contributed by atoms with Crippen LogP contribution in [0.15, 0.2) is 0 Å². The summed E-state index contributed by atoms with van der Waals surface area (Å²) in [4.78, 5) is 0. The van der Waals surface area contributed by atoms with Crippen molar-refractivity contribution < 1.29 is 8.78 Å². The largest absolute Gasteiger partial charge is 0.203 e. The first-order valence-electron chi connectivity index (χ1n) is 10.7. The Morgan fingerprint density at radius 1 is 0.667 bits per heavy atom. The molecule has 1 heterocycles. The molecule has 0 bridgehead atoms. The van der Waals surface area contributed by atoms with Crippen molar-refractivity contribution in [1.82, 2.24) is 8.75 Å². The Bertz CT molecular complexity index is 656. The van der Waals surface area contributed by atoms with E-state index in [2.05, 4.69) is 36.4 Å². The second-order valence-corrected chi connectivity index (χ2v) is 8.20. The lowest BCUT2D eigenvalue weighted by Gasteiger charge is -2.22. The van der Waals surface area contributed by atoms with Gasteiger partial charge in [0.05, 0.1) is 11.7 Å². The van der Waals surface area contributed by atoms with Crippen LogP contribution in [0.5, 0.6) is 0 Å². The van der Waals surface area contributed by atoms with Crippen LogP contribution in [0.3, 0.4) is 0 Å². The van der Waals surface area contributed by atoms with E-state index in [1.54, 1.807) is 0 Å². The molecule has 0 saturated carbocycles. The van der Waals surface area contributed by atoms with Gasteiger partial charge in [-0.3, -0.25) is 0 Å². The van der Waals surface area contributed by atoms with E-state index in [1.165, 1.54) is 0 Å². The SMILES string of the molecule is CCCCC(CCC)c1c(F)c(F)c(C(CCC)CCCC)c2nsnc12. The summed E-state index contributed by atoms with van der Waals surface area (Å²) in [5, 5.41) is 0. The zero-order valence-electron chi connectivity index (χ0n) is 17.3. The molecule has 5 heteroatoms. The van der Waals surface area contributed by atoms with Crippen LogP contribution in [-0.4, -0.2) is 8.75 Å². The Hall–Kier alpha value is -1.10. The molecule has 0 spiro atoms. The zero-order chi connectivity index (χ0) is 19.8. The number of aromatic nitrogens is 2. The number of hydrogen-bond acceptors (Lipinski definition) is 3. The van der Waals surface area contributed by atoms with Crippen LogP contribution in [0.4, 0.5) is 8.78 Å². The maximum absolute atomic E-state index is 15.4. The summed E-state index contributed by atoms with van der Waals surface area (Å²) in [6.07, 6.45) is 9.50. The molecule has 2 unspecified atom stereocenters. The van der Waals surface area contributed by atoms with Gasteiger partial charge in [-0.25, -0.2) is 8.78 Å². The number of nitrogens with zero attached hydrogens (tertiary/aromatic N) is 2. The third-order valence-electron chi connectivity index (χ3n) is 5.57. The highest BCUT2D eigenvalue weighted by Gasteiger charge is 2.30. The number of fused-ring (bicyclic) bond motifs is 1. The Morgan fingerprint density at radius 3 is 1.41 bits per heavy atom. The van der Waals surface area contributed by atoms with Crippen molar-refractivity contribution in [3.63, 3.8) is 0 Å². The molecule has 0 aliphatic carbocycles. The molecule has 0 fully saturated rings. The molecule has 0 saturated heterocycles. The third-order valence-corrected chi connectivity index (χ3v) is 6.10. The average Bonchev–Trinajstić information content (AvgIpc) is 3.13. The average molecular weight is 397 g/mol. The van der Waals surface area contributed by atoms with Crippen molar-refractivity contribution >= 4 is 22.8 Å². The van der Waals surface area contributed by atoms with Crippen LogP contribution in [0, 0.1) is 11.6 Å². The molecular weight excluding hydrogens is 362 g/mol. The summed E-state index contributed by atoms with van der Waals surface area (Å²) in [6, 6.07) is 0. The smallest absolute Gasteiger partial charge is 0.164 e. The molecule has 152 valence electrons. The predicted octanol–water partition coefficient (Wildman–Crippen LogP) is 8.12. The Morgan fingerprint density at radius 2 is 1.07 bits per heavy atom. The number of unbranched alkanes of at least 4 members (excludes halogenated alkanes) is 2. The van der Waals surface area contributed by atoms with Gasteiger partial charge in [0.1, 0.15) is 11.0 Å². The predicted molar refractivity (Wildman–Crippen MR) is 112 cm³/mol. The number of rotatable bonds is 12. The molecule has 0 radical (unpaired) electrons. The van der Waals surface area contributed by atoms with E-state index in [0.717, 1.165) is 75.9 Å². The van der Waals surface area contributed by atoms with Crippen molar-refractivity contribution in [2.75, 3.05) is 0 Å². The highest BCUT2D eigenvalue weighted by atomic mass is 32.1. The van der Waals surface area contributed by atoms with Crippen LogP contribution in [0.25, 0.3) is 11.0 Å². The monoisotopic (exact) mass is 396 g/mol. The third kappa shape index (κ3) is 5.04. The van der Waals surface area contributed by atoms with Gasteiger partial charge in [-0.05, 0) is 37.5 Å². The quantitative estimate of drug-likeness (QED) is 0.362. The molecule has 2 rings (SSSR count). The molecular formula is C22H34F2N2S. The van der Waals surface area contributed by atoms with Gasteiger partial charge in [0.25, 0.3) is 0 Å². The maximum atomic E-state index is 15.4. The fourth-order valence-corrected chi connectivity index (χ4v) is 4.77. The van der Waals surface area contributed by atoms with Crippen LogP contribution >= 0.6 is 11.7 Å². The van der Waals surface area contributed by atoms with Crippen LogP contribution in [0.2, 0.25) is 0 Å². The second kappa shape index (κ2) is 11.0. The molecule has 0 aliphatic heterocycles. The molecule has 2 atom stereocenters. The minimum absolute atomic E-state index is 0.0187. The Labute approximate surface area is 167 Å². The van der Waals surface area contributed by atoms with E-state index in [4.69, 9.17) is 0 Å². The number of halogens is 2. The highest BCUT2D eigenvalue weighted by molar-refractivity contribution is 7.00. The molecule has 1 aromatic heterocycles. The summed E-state index contributed by atoms with van der Waals surface area (Å²) >= 11 is 1.08. The van der Waals surface area contributed by atoms with E-state index in [9.17, 15) is 0 Å². The molecule has 2 nitrogen and oxygen atoms in total. The minimum atomic E-state index is -0.669. The lowest BCUT2D eigenvalue weighted by molar-refractivity contribution is 0.447. The molecule has 1 aromatic carbocycles. The molecule has 27 heavy (non-hydrogen) atoms. The van der Waals surface area contributed by atoms with Gasteiger partial charge in [-0.15, -0.1) is 0 Å². The lowest BCUT2D eigenvalue weighted by Crippen LogP contribution is -2.11. The first-order valence-corrected chi connectivity index (χ1v) is 11.5. The molecule has 0 N–H and O–H groups in total. The Kier molecular flexibility index (Phi) is 9.07.